The van der Waals surface area contributed by atoms with Gasteiger partial charge in [-0.3, -0.25) is 0 Å². The van der Waals surface area contributed by atoms with Crippen molar-refractivity contribution in [3.63, 3.8) is 0 Å². The molecular weight excluding hydrogens is 354 g/mol. The van der Waals surface area contributed by atoms with Crippen molar-refractivity contribution < 1.29 is 18.7 Å². The molecule has 4 rings (SSSR count). The predicted octanol–water partition coefficient (Wildman–Crippen LogP) is 5.10. The summed E-state index contributed by atoms with van der Waals surface area (Å²) in [6.07, 6.45) is 1.74. The van der Waals surface area contributed by atoms with Crippen LogP contribution in [-0.4, -0.2) is 24.2 Å². The zero-order chi connectivity index (χ0) is 19.3. The molecule has 5 nitrogen and oxygen atoms in total. The number of aromatic nitrogens is 1. The number of ether oxygens (including phenoxy) is 2. The van der Waals surface area contributed by atoms with E-state index in [0.717, 1.165) is 27.7 Å². The van der Waals surface area contributed by atoms with Gasteiger partial charge >= 0.3 is 5.97 Å². The Morgan fingerprint density at radius 2 is 1.75 bits per heavy atom. The molecule has 0 spiro atoms. The number of oxazole rings is 1. The van der Waals surface area contributed by atoms with Crippen molar-refractivity contribution in [1.82, 2.24) is 4.98 Å². The largest absolute Gasteiger partial charge is 0.482 e. The van der Waals surface area contributed by atoms with Gasteiger partial charge in [0, 0.05) is 11.1 Å². The van der Waals surface area contributed by atoms with Gasteiger partial charge in [-0.05, 0) is 42.0 Å². The summed E-state index contributed by atoms with van der Waals surface area (Å²) in [5.41, 5.74) is 1.89. The molecule has 0 unspecified atom stereocenters. The van der Waals surface area contributed by atoms with E-state index in [2.05, 4.69) is 4.98 Å². The molecule has 0 atom stereocenters. The van der Waals surface area contributed by atoms with E-state index in [0.29, 0.717) is 18.2 Å². The Bertz CT molecular complexity index is 1100. The Balaban J connectivity index is 1.54. The van der Waals surface area contributed by atoms with Crippen LogP contribution in [0.1, 0.15) is 6.92 Å². The lowest BCUT2D eigenvalue weighted by molar-refractivity contribution is -0.145. The van der Waals surface area contributed by atoms with Crippen molar-refractivity contribution in [2.75, 3.05) is 13.2 Å². The van der Waals surface area contributed by atoms with Gasteiger partial charge in [0.2, 0.25) is 5.89 Å². The highest BCUT2D eigenvalue weighted by molar-refractivity contribution is 5.87. The zero-order valence-electron chi connectivity index (χ0n) is 15.4. The van der Waals surface area contributed by atoms with Gasteiger partial charge in [0.25, 0.3) is 0 Å². The van der Waals surface area contributed by atoms with Gasteiger partial charge in [-0.15, -0.1) is 0 Å². The van der Waals surface area contributed by atoms with Crippen molar-refractivity contribution in [2.24, 2.45) is 0 Å². The number of fused-ring (bicyclic) bond motifs is 1. The normalized spacial score (nSPS) is 10.8. The van der Waals surface area contributed by atoms with Crippen LogP contribution in [0.2, 0.25) is 0 Å². The minimum atomic E-state index is -0.379. The molecule has 3 aromatic carbocycles. The highest BCUT2D eigenvalue weighted by Crippen LogP contribution is 2.29. The summed E-state index contributed by atoms with van der Waals surface area (Å²) >= 11 is 0. The molecule has 0 fully saturated rings. The molecular formula is C23H19NO4. The molecule has 4 aromatic rings. The van der Waals surface area contributed by atoms with Crippen LogP contribution < -0.4 is 4.74 Å². The average molecular weight is 373 g/mol. The number of rotatable bonds is 6. The zero-order valence-corrected chi connectivity index (χ0v) is 15.4. The third-order valence-electron chi connectivity index (χ3n) is 4.28. The summed E-state index contributed by atoms with van der Waals surface area (Å²) < 4.78 is 16.3. The summed E-state index contributed by atoms with van der Waals surface area (Å²) in [7, 11) is 0. The van der Waals surface area contributed by atoms with Crippen LogP contribution in [0.5, 0.6) is 5.75 Å². The Labute approximate surface area is 162 Å². The molecule has 0 aliphatic heterocycles. The van der Waals surface area contributed by atoms with Gasteiger partial charge in [0.1, 0.15) is 5.75 Å². The summed E-state index contributed by atoms with van der Waals surface area (Å²) in [5.74, 6) is 1.55. The number of esters is 1. The van der Waals surface area contributed by atoms with E-state index in [1.54, 1.807) is 13.1 Å². The number of carbonyl (C=O) groups is 1. The number of hydrogen-bond acceptors (Lipinski definition) is 5. The Morgan fingerprint density at radius 3 is 2.57 bits per heavy atom. The van der Waals surface area contributed by atoms with Crippen LogP contribution in [0.15, 0.2) is 77.3 Å². The van der Waals surface area contributed by atoms with Crippen LogP contribution in [0, 0.1) is 0 Å². The molecule has 0 saturated heterocycles. The van der Waals surface area contributed by atoms with E-state index in [1.807, 2.05) is 66.7 Å². The van der Waals surface area contributed by atoms with Gasteiger partial charge in [0.15, 0.2) is 12.4 Å². The summed E-state index contributed by atoms with van der Waals surface area (Å²) in [6, 6.07) is 21.5. The average Bonchev–Trinajstić information content (AvgIpc) is 3.23. The lowest BCUT2D eigenvalue weighted by atomic mass is 10.1. The standard InChI is InChI=1S/C23H19NO4/c1-2-26-22(25)15-27-20-11-10-17-12-19(9-8-18(17)13-20)23-24-14-21(28-23)16-6-4-3-5-7-16/h3-14H,2,15H2,1H3. The lowest BCUT2D eigenvalue weighted by Crippen LogP contribution is -2.14. The molecule has 140 valence electrons. The van der Waals surface area contributed by atoms with Crippen molar-refractivity contribution in [3.8, 4) is 28.5 Å². The molecule has 1 heterocycles. The van der Waals surface area contributed by atoms with Crippen molar-refractivity contribution >= 4 is 16.7 Å². The number of nitrogens with zero attached hydrogens (tertiary/aromatic N) is 1. The molecule has 0 N–H and O–H groups in total. The number of hydrogen-bond donors (Lipinski definition) is 0. The fourth-order valence-corrected chi connectivity index (χ4v) is 2.94. The molecule has 0 bridgehead atoms. The minimum absolute atomic E-state index is 0.101. The Hall–Kier alpha value is -3.60. The fourth-order valence-electron chi connectivity index (χ4n) is 2.94. The Kier molecular flexibility index (Phi) is 5.06. The van der Waals surface area contributed by atoms with E-state index >= 15 is 0 Å². The monoisotopic (exact) mass is 373 g/mol. The summed E-state index contributed by atoms with van der Waals surface area (Å²) in [4.78, 5) is 15.8. The maximum atomic E-state index is 11.4. The van der Waals surface area contributed by atoms with Crippen LogP contribution in [-0.2, 0) is 9.53 Å². The van der Waals surface area contributed by atoms with Gasteiger partial charge < -0.3 is 13.9 Å². The van der Waals surface area contributed by atoms with E-state index in [9.17, 15) is 4.79 Å². The van der Waals surface area contributed by atoms with Crippen LogP contribution in [0.25, 0.3) is 33.6 Å². The molecule has 28 heavy (non-hydrogen) atoms. The maximum absolute atomic E-state index is 11.4. The van der Waals surface area contributed by atoms with Crippen LogP contribution in [0.3, 0.4) is 0 Å². The van der Waals surface area contributed by atoms with E-state index in [-0.39, 0.29) is 12.6 Å². The fraction of sp³-hybridized carbons (Fsp3) is 0.130. The number of carbonyl (C=O) groups excluding carboxylic acids is 1. The minimum Gasteiger partial charge on any atom is -0.482 e. The highest BCUT2D eigenvalue weighted by atomic mass is 16.6. The van der Waals surface area contributed by atoms with E-state index in [1.165, 1.54) is 0 Å². The molecule has 5 heteroatoms. The first-order valence-corrected chi connectivity index (χ1v) is 9.07. The maximum Gasteiger partial charge on any atom is 0.344 e. The lowest BCUT2D eigenvalue weighted by Gasteiger charge is -2.07. The molecule has 0 amide bonds. The smallest absolute Gasteiger partial charge is 0.344 e. The van der Waals surface area contributed by atoms with Crippen molar-refractivity contribution in [1.29, 1.82) is 0 Å². The third-order valence-corrected chi connectivity index (χ3v) is 4.28. The second kappa shape index (κ2) is 7.96. The van der Waals surface area contributed by atoms with Crippen molar-refractivity contribution in [3.05, 3.63) is 72.9 Å². The quantitative estimate of drug-likeness (QED) is 0.440. The predicted molar refractivity (Wildman–Crippen MR) is 107 cm³/mol. The molecule has 0 radical (unpaired) electrons. The first kappa shape index (κ1) is 17.8. The topological polar surface area (TPSA) is 61.6 Å². The summed E-state index contributed by atoms with van der Waals surface area (Å²) in [5, 5.41) is 2.03. The first-order valence-electron chi connectivity index (χ1n) is 9.07. The van der Waals surface area contributed by atoms with Gasteiger partial charge in [0.05, 0.1) is 12.8 Å². The van der Waals surface area contributed by atoms with E-state index in [4.69, 9.17) is 13.9 Å². The molecule has 0 aliphatic carbocycles. The van der Waals surface area contributed by atoms with Crippen LogP contribution >= 0.6 is 0 Å². The van der Waals surface area contributed by atoms with E-state index < -0.39 is 0 Å². The van der Waals surface area contributed by atoms with Crippen molar-refractivity contribution in [2.45, 2.75) is 6.92 Å². The SMILES string of the molecule is CCOC(=O)COc1ccc2cc(-c3ncc(-c4ccccc4)o3)ccc2c1. The first-order chi connectivity index (χ1) is 13.7. The third kappa shape index (κ3) is 3.88. The van der Waals surface area contributed by atoms with Crippen LogP contribution in [0.4, 0.5) is 0 Å². The summed E-state index contributed by atoms with van der Waals surface area (Å²) in [6.45, 7) is 2.01. The highest BCUT2D eigenvalue weighted by Gasteiger charge is 2.10. The van der Waals surface area contributed by atoms with Gasteiger partial charge in [-0.25, -0.2) is 9.78 Å². The second-order valence-electron chi connectivity index (χ2n) is 6.21. The van der Waals surface area contributed by atoms with Gasteiger partial charge in [-0.2, -0.15) is 0 Å². The second-order valence-corrected chi connectivity index (χ2v) is 6.21. The van der Waals surface area contributed by atoms with Gasteiger partial charge in [-0.1, -0.05) is 42.5 Å². The molecule has 1 aromatic heterocycles. The Morgan fingerprint density at radius 1 is 0.964 bits per heavy atom. The molecule has 0 saturated carbocycles. The number of benzene rings is 3. The molecule has 0 aliphatic rings.